The predicted molar refractivity (Wildman–Crippen MR) is 88.3 cm³/mol. The van der Waals surface area contributed by atoms with Crippen molar-refractivity contribution in [2.75, 3.05) is 7.05 Å². The maximum Gasteiger partial charge on any atom is 0.0798 e. The van der Waals surface area contributed by atoms with Crippen molar-refractivity contribution in [2.24, 2.45) is 0 Å². The average Bonchev–Trinajstić information content (AvgIpc) is 2.97. The first-order valence-electron chi connectivity index (χ1n) is 6.93. The van der Waals surface area contributed by atoms with E-state index in [4.69, 9.17) is 0 Å². The summed E-state index contributed by atoms with van der Waals surface area (Å²) in [4.78, 5) is 10.9. The van der Waals surface area contributed by atoms with Gasteiger partial charge in [0.05, 0.1) is 11.2 Å². The molecule has 2 aromatic heterocycles. The lowest BCUT2D eigenvalue weighted by Crippen LogP contribution is -2.21. The summed E-state index contributed by atoms with van der Waals surface area (Å²) < 4.78 is 0. The van der Waals surface area contributed by atoms with E-state index < -0.39 is 0 Å². The van der Waals surface area contributed by atoms with Gasteiger partial charge in [-0.3, -0.25) is 4.90 Å². The van der Waals surface area contributed by atoms with Crippen LogP contribution in [0.1, 0.15) is 34.2 Å². The summed E-state index contributed by atoms with van der Waals surface area (Å²) >= 11 is 3.65. The van der Waals surface area contributed by atoms with Crippen LogP contribution in [0.2, 0.25) is 0 Å². The van der Waals surface area contributed by atoms with Gasteiger partial charge in [0.15, 0.2) is 0 Å². The van der Waals surface area contributed by atoms with Crippen molar-refractivity contribution in [1.82, 2.24) is 15.2 Å². The summed E-state index contributed by atoms with van der Waals surface area (Å²) in [7, 11) is 2.17. The van der Waals surface area contributed by atoms with E-state index >= 15 is 0 Å². The molecule has 0 amide bonds. The van der Waals surface area contributed by atoms with Crippen LogP contribution < -0.4 is 5.32 Å². The average molecular weight is 310 g/mol. The van der Waals surface area contributed by atoms with Crippen molar-refractivity contribution in [3.63, 3.8) is 0 Å². The molecule has 110 valence electrons. The van der Waals surface area contributed by atoms with E-state index in [0.29, 0.717) is 6.04 Å². The molecule has 0 saturated heterocycles. The van der Waals surface area contributed by atoms with Crippen LogP contribution in [0.5, 0.6) is 0 Å². The summed E-state index contributed by atoms with van der Waals surface area (Å²) in [5.41, 5.74) is 3.09. The number of rotatable bonds is 7. The third-order valence-corrected chi connectivity index (χ3v) is 5.08. The van der Waals surface area contributed by atoms with Crippen molar-refractivity contribution < 1.29 is 0 Å². The van der Waals surface area contributed by atoms with E-state index in [1.54, 1.807) is 11.3 Å². The van der Waals surface area contributed by atoms with Crippen molar-refractivity contribution >= 4 is 22.7 Å². The Kier molecular flexibility index (Phi) is 5.72. The second-order valence-electron chi connectivity index (χ2n) is 5.44. The van der Waals surface area contributed by atoms with E-state index in [9.17, 15) is 0 Å². The van der Waals surface area contributed by atoms with Crippen molar-refractivity contribution in [3.8, 4) is 0 Å². The first-order chi connectivity index (χ1) is 9.54. The molecule has 0 atom stereocenters. The van der Waals surface area contributed by atoms with Crippen LogP contribution in [0.15, 0.2) is 17.6 Å². The number of nitrogens with one attached hydrogen (secondary N) is 1. The van der Waals surface area contributed by atoms with E-state index in [-0.39, 0.29) is 0 Å². The fourth-order valence-electron chi connectivity index (χ4n) is 1.95. The third-order valence-electron chi connectivity index (χ3n) is 3.09. The molecular formula is C15H23N3S2. The molecule has 20 heavy (non-hydrogen) atoms. The second kappa shape index (κ2) is 7.31. The van der Waals surface area contributed by atoms with E-state index in [1.165, 1.54) is 14.6 Å². The van der Waals surface area contributed by atoms with Crippen LogP contribution in [0, 0.1) is 6.92 Å². The molecular weight excluding hydrogens is 286 g/mol. The second-order valence-corrected chi connectivity index (χ2v) is 7.63. The highest BCUT2D eigenvalue weighted by molar-refractivity contribution is 7.12. The summed E-state index contributed by atoms with van der Waals surface area (Å²) in [6.45, 7) is 9.40. The minimum atomic E-state index is 0.539. The SMILES string of the molecule is Cc1ncsc1CN(C)Cc1ccc(CNC(C)C)s1. The molecule has 0 aliphatic carbocycles. The Balaban J connectivity index is 1.85. The molecule has 0 aromatic carbocycles. The highest BCUT2D eigenvalue weighted by Gasteiger charge is 2.08. The first-order valence-corrected chi connectivity index (χ1v) is 8.62. The molecule has 0 saturated carbocycles. The molecule has 2 rings (SSSR count). The maximum absolute atomic E-state index is 4.31. The van der Waals surface area contributed by atoms with Gasteiger partial charge in [-0.15, -0.1) is 22.7 Å². The van der Waals surface area contributed by atoms with Gasteiger partial charge in [0.25, 0.3) is 0 Å². The Morgan fingerprint density at radius 1 is 1.25 bits per heavy atom. The van der Waals surface area contributed by atoms with Gasteiger partial charge < -0.3 is 5.32 Å². The Bertz CT molecular complexity index is 531. The van der Waals surface area contributed by atoms with Gasteiger partial charge in [-0.05, 0) is 26.1 Å². The van der Waals surface area contributed by atoms with Crippen molar-refractivity contribution in [1.29, 1.82) is 0 Å². The molecule has 0 radical (unpaired) electrons. The quantitative estimate of drug-likeness (QED) is 0.846. The van der Waals surface area contributed by atoms with Gasteiger partial charge in [0.2, 0.25) is 0 Å². The maximum atomic E-state index is 4.31. The molecule has 0 bridgehead atoms. The monoisotopic (exact) mass is 309 g/mol. The minimum absolute atomic E-state index is 0.539. The van der Waals surface area contributed by atoms with Gasteiger partial charge in [-0.25, -0.2) is 4.98 Å². The highest BCUT2D eigenvalue weighted by Crippen LogP contribution is 2.20. The molecule has 5 heteroatoms. The smallest absolute Gasteiger partial charge is 0.0798 e. The van der Waals surface area contributed by atoms with Crippen molar-refractivity contribution in [3.05, 3.63) is 38.0 Å². The summed E-state index contributed by atoms with van der Waals surface area (Å²) in [6.07, 6.45) is 0. The Morgan fingerprint density at radius 3 is 2.65 bits per heavy atom. The highest BCUT2D eigenvalue weighted by atomic mass is 32.1. The number of thiazole rings is 1. The van der Waals surface area contributed by atoms with E-state index in [2.05, 4.69) is 55.2 Å². The first kappa shape index (κ1) is 15.6. The van der Waals surface area contributed by atoms with Crippen LogP contribution in [0.4, 0.5) is 0 Å². The lowest BCUT2D eigenvalue weighted by molar-refractivity contribution is 0.324. The molecule has 0 fully saturated rings. The lowest BCUT2D eigenvalue weighted by Gasteiger charge is -2.14. The van der Waals surface area contributed by atoms with E-state index in [0.717, 1.165) is 25.3 Å². The molecule has 1 N–H and O–H groups in total. The summed E-state index contributed by atoms with van der Waals surface area (Å²) in [6, 6.07) is 5.02. The fourth-order valence-corrected chi connectivity index (χ4v) is 3.86. The molecule has 0 aliphatic rings. The van der Waals surface area contributed by atoms with E-state index in [1.807, 2.05) is 16.8 Å². The zero-order valence-corrected chi connectivity index (χ0v) is 14.3. The van der Waals surface area contributed by atoms with Gasteiger partial charge in [0, 0.05) is 40.3 Å². The third kappa shape index (κ3) is 4.66. The summed E-state index contributed by atoms with van der Waals surface area (Å²) in [5, 5.41) is 3.46. The van der Waals surface area contributed by atoms with Gasteiger partial charge in [-0.2, -0.15) is 0 Å². The number of hydrogen-bond acceptors (Lipinski definition) is 5. The summed E-state index contributed by atoms with van der Waals surface area (Å²) in [5.74, 6) is 0. The van der Waals surface area contributed by atoms with Crippen LogP contribution in [0.3, 0.4) is 0 Å². The molecule has 0 unspecified atom stereocenters. The largest absolute Gasteiger partial charge is 0.310 e. The predicted octanol–water partition coefficient (Wildman–Crippen LogP) is 3.64. The lowest BCUT2D eigenvalue weighted by atomic mass is 10.3. The standard InChI is InChI=1S/C15H23N3S2/c1-11(2)16-7-13-5-6-14(20-13)8-18(4)9-15-12(3)17-10-19-15/h5-6,10-11,16H,7-9H2,1-4H3. The number of aryl methyl sites for hydroxylation is 1. The molecule has 2 heterocycles. The molecule has 0 spiro atoms. The topological polar surface area (TPSA) is 28.2 Å². The molecule has 0 aliphatic heterocycles. The van der Waals surface area contributed by atoms with Gasteiger partial charge >= 0.3 is 0 Å². The molecule has 2 aromatic rings. The van der Waals surface area contributed by atoms with Gasteiger partial charge in [-0.1, -0.05) is 13.8 Å². The Labute approximate surface area is 129 Å². The number of hydrogen-bond donors (Lipinski definition) is 1. The van der Waals surface area contributed by atoms with Gasteiger partial charge in [0.1, 0.15) is 0 Å². The zero-order chi connectivity index (χ0) is 14.5. The minimum Gasteiger partial charge on any atom is -0.310 e. The van der Waals surface area contributed by atoms with Crippen LogP contribution in [0.25, 0.3) is 0 Å². The number of thiophene rings is 1. The fraction of sp³-hybridized carbons (Fsp3) is 0.533. The molecule has 3 nitrogen and oxygen atoms in total. The number of aromatic nitrogens is 1. The number of nitrogens with zero attached hydrogens (tertiary/aromatic N) is 2. The van der Waals surface area contributed by atoms with Crippen LogP contribution in [-0.2, 0) is 19.6 Å². The van der Waals surface area contributed by atoms with Crippen LogP contribution >= 0.6 is 22.7 Å². The van der Waals surface area contributed by atoms with Crippen LogP contribution in [-0.4, -0.2) is 23.0 Å². The Morgan fingerprint density at radius 2 is 2.00 bits per heavy atom. The zero-order valence-electron chi connectivity index (χ0n) is 12.6. The Hall–Kier alpha value is -0.750. The normalized spacial score (nSPS) is 11.7. The van der Waals surface area contributed by atoms with Crippen molar-refractivity contribution in [2.45, 2.75) is 46.4 Å².